The second-order valence-electron chi connectivity index (χ2n) is 3.83. The van der Waals surface area contributed by atoms with Gasteiger partial charge in [-0.15, -0.1) is 0 Å². The number of carbonyl (C=O) groups is 2. The highest BCUT2D eigenvalue weighted by molar-refractivity contribution is 5.78. The predicted molar refractivity (Wildman–Crippen MR) is 57.1 cm³/mol. The van der Waals surface area contributed by atoms with Crippen molar-refractivity contribution in [3.8, 4) is 0 Å². The summed E-state index contributed by atoms with van der Waals surface area (Å²) in [4.78, 5) is 23.9. The second-order valence-corrected chi connectivity index (χ2v) is 3.83. The molecule has 5 nitrogen and oxygen atoms in total. The van der Waals surface area contributed by atoms with Crippen LogP contribution in [-0.2, 0) is 9.59 Å². The Morgan fingerprint density at radius 3 is 2.47 bits per heavy atom. The van der Waals surface area contributed by atoms with Gasteiger partial charge in [0, 0.05) is 26.1 Å². The number of carbonyl (C=O) groups excluding carboxylic acids is 2. The van der Waals surface area contributed by atoms with Crippen molar-refractivity contribution in [3.05, 3.63) is 0 Å². The summed E-state index contributed by atoms with van der Waals surface area (Å²) in [7, 11) is 0. The zero-order valence-corrected chi connectivity index (χ0v) is 9.00. The average Bonchev–Trinajstić information content (AvgIpc) is 2.25. The van der Waals surface area contributed by atoms with Crippen LogP contribution in [0.25, 0.3) is 0 Å². The zero-order chi connectivity index (χ0) is 11.1. The summed E-state index contributed by atoms with van der Waals surface area (Å²) < 4.78 is 0. The molecular formula is C10H19N3O2. The molecule has 2 amide bonds. The Bertz CT molecular complexity index is 225. The monoisotopic (exact) mass is 213 g/mol. The van der Waals surface area contributed by atoms with E-state index in [0.29, 0.717) is 13.1 Å². The number of nitrogens with two attached hydrogens (primary N) is 1. The number of nitrogens with zero attached hydrogens (tertiary/aromatic N) is 1. The van der Waals surface area contributed by atoms with Gasteiger partial charge in [0.25, 0.3) is 0 Å². The molecule has 0 aliphatic carbocycles. The summed E-state index contributed by atoms with van der Waals surface area (Å²) in [6, 6.07) is 0. The molecule has 1 fully saturated rings. The number of piperidine rings is 1. The van der Waals surface area contributed by atoms with Gasteiger partial charge in [-0.25, -0.2) is 0 Å². The molecular weight excluding hydrogens is 194 g/mol. The fourth-order valence-electron chi connectivity index (χ4n) is 1.66. The van der Waals surface area contributed by atoms with Crippen LogP contribution in [0.3, 0.4) is 0 Å². The van der Waals surface area contributed by atoms with E-state index in [4.69, 9.17) is 5.73 Å². The Hall–Kier alpha value is -1.10. The predicted octanol–water partition coefficient (Wildman–Crippen LogP) is -0.536. The maximum atomic E-state index is 11.6. The number of likely N-dealkylation sites (tertiary alicyclic amines) is 1. The normalized spacial score (nSPS) is 16.4. The van der Waals surface area contributed by atoms with Crippen molar-refractivity contribution in [2.45, 2.75) is 25.7 Å². The average molecular weight is 213 g/mol. The molecule has 3 N–H and O–H groups in total. The van der Waals surface area contributed by atoms with Crippen molar-refractivity contribution in [2.75, 3.05) is 26.2 Å². The van der Waals surface area contributed by atoms with Crippen molar-refractivity contribution >= 4 is 11.8 Å². The lowest BCUT2D eigenvalue weighted by molar-refractivity contribution is -0.131. The topological polar surface area (TPSA) is 75.4 Å². The highest BCUT2D eigenvalue weighted by Crippen LogP contribution is 2.07. The zero-order valence-electron chi connectivity index (χ0n) is 9.00. The number of amides is 2. The minimum absolute atomic E-state index is 0.124. The van der Waals surface area contributed by atoms with E-state index in [1.54, 1.807) is 0 Å². The first-order chi connectivity index (χ1) is 7.20. The van der Waals surface area contributed by atoms with Gasteiger partial charge in [0.05, 0.1) is 6.54 Å². The van der Waals surface area contributed by atoms with Gasteiger partial charge in [-0.3, -0.25) is 9.59 Å². The van der Waals surface area contributed by atoms with Crippen molar-refractivity contribution < 1.29 is 9.59 Å². The third-order valence-electron chi connectivity index (χ3n) is 2.53. The van der Waals surface area contributed by atoms with Crippen molar-refractivity contribution in [1.29, 1.82) is 0 Å². The van der Waals surface area contributed by atoms with Crippen LogP contribution in [0.4, 0.5) is 0 Å². The van der Waals surface area contributed by atoms with Gasteiger partial charge < -0.3 is 16.0 Å². The van der Waals surface area contributed by atoms with E-state index in [2.05, 4.69) is 5.32 Å². The lowest BCUT2D eigenvalue weighted by atomic mass is 10.1. The molecule has 1 aliphatic rings. The number of rotatable bonds is 5. The van der Waals surface area contributed by atoms with E-state index in [1.165, 1.54) is 6.42 Å². The number of hydrogen-bond acceptors (Lipinski definition) is 3. The van der Waals surface area contributed by atoms with Crippen molar-refractivity contribution in [1.82, 2.24) is 10.2 Å². The van der Waals surface area contributed by atoms with Crippen LogP contribution < -0.4 is 11.1 Å². The Balaban J connectivity index is 2.09. The van der Waals surface area contributed by atoms with Crippen LogP contribution in [0.1, 0.15) is 25.7 Å². The van der Waals surface area contributed by atoms with Gasteiger partial charge in [0.15, 0.2) is 0 Å². The molecule has 0 atom stereocenters. The van der Waals surface area contributed by atoms with Gasteiger partial charge in [-0.05, 0) is 19.3 Å². The quantitative estimate of drug-likeness (QED) is 0.602. The fourth-order valence-corrected chi connectivity index (χ4v) is 1.66. The van der Waals surface area contributed by atoms with E-state index < -0.39 is 0 Å². The molecule has 1 aliphatic heterocycles. The summed E-state index contributed by atoms with van der Waals surface area (Å²) in [6.45, 7) is 2.54. The standard InChI is InChI=1S/C10H19N3O2/c11-9(14)4-5-12-8-10(15)13-6-2-1-3-7-13/h12H,1-8H2,(H2,11,14). The van der Waals surface area contributed by atoms with E-state index in [1.807, 2.05) is 4.90 Å². The molecule has 15 heavy (non-hydrogen) atoms. The Kier molecular flexibility index (Phi) is 5.10. The number of primary amides is 1. The first kappa shape index (κ1) is 12.0. The molecule has 1 rings (SSSR count). The summed E-state index contributed by atoms with van der Waals surface area (Å²) in [6.07, 6.45) is 3.71. The maximum Gasteiger partial charge on any atom is 0.236 e. The summed E-state index contributed by atoms with van der Waals surface area (Å²) in [5.74, 6) is -0.216. The van der Waals surface area contributed by atoms with Crippen LogP contribution in [-0.4, -0.2) is 42.9 Å². The Morgan fingerprint density at radius 1 is 1.20 bits per heavy atom. The minimum Gasteiger partial charge on any atom is -0.370 e. The van der Waals surface area contributed by atoms with Gasteiger partial charge in [-0.1, -0.05) is 0 Å². The SMILES string of the molecule is NC(=O)CCNCC(=O)N1CCCCC1. The molecule has 0 aromatic carbocycles. The molecule has 1 heterocycles. The van der Waals surface area contributed by atoms with Crippen LogP contribution in [0, 0.1) is 0 Å². The van der Waals surface area contributed by atoms with Crippen molar-refractivity contribution in [2.24, 2.45) is 5.73 Å². The van der Waals surface area contributed by atoms with Crippen LogP contribution in [0.15, 0.2) is 0 Å². The first-order valence-electron chi connectivity index (χ1n) is 5.47. The lowest BCUT2D eigenvalue weighted by Gasteiger charge is -2.26. The van der Waals surface area contributed by atoms with Crippen molar-refractivity contribution in [3.63, 3.8) is 0 Å². The third-order valence-corrected chi connectivity index (χ3v) is 2.53. The van der Waals surface area contributed by atoms with Gasteiger partial charge in [0.2, 0.25) is 11.8 Å². The first-order valence-corrected chi connectivity index (χ1v) is 5.47. The van der Waals surface area contributed by atoms with E-state index in [-0.39, 0.29) is 18.2 Å². The van der Waals surface area contributed by atoms with E-state index in [0.717, 1.165) is 25.9 Å². The van der Waals surface area contributed by atoms with Crippen LogP contribution in [0.5, 0.6) is 0 Å². The summed E-state index contributed by atoms with van der Waals surface area (Å²) in [5, 5.41) is 2.92. The van der Waals surface area contributed by atoms with E-state index in [9.17, 15) is 9.59 Å². The molecule has 0 aromatic rings. The molecule has 0 spiro atoms. The smallest absolute Gasteiger partial charge is 0.236 e. The molecule has 1 saturated heterocycles. The largest absolute Gasteiger partial charge is 0.370 e. The van der Waals surface area contributed by atoms with Gasteiger partial charge >= 0.3 is 0 Å². The minimum atomic E-state index is -0.340. The lowest BCUT2D eigenvalue weighted by Crippen LogP contribution is -2.41. The maximum absolute atomic E-state index is 11.6. The molecule has 0 saturated carbocycles. The molecule has 86 valence electrons. The Morgan fingerprint density at radius 2 is 1.87 bits per heavy atom. The Labute approximate surface area is 90.0 Å². The highest BCUT2D eigenvalue weighted by Gasteiger charge is 2.15. The number of nitrogens with one attached hydrogen (secondary N) is 1. The summed E-state index contributed by atoms with van der Waals surface area (Å²) >= 11 is 0. The molecule has 5 heteroatoms. The second kappa shape index (κ2) is 6.40. The number of hydrogen-bond donors (Lipinski definition) is 2. The molecule has 0 aromatic heterocycles. The third kappa shape index (κ3) is 4.78. The van der Waals surface area contributed by atoms with Gasteiger partial charge in [-0.2, -0.15) is 0 Å². The summed E-state index contributed by atoms with van der Waals surface area (Å²) in [5.41, 5.74) is 4.98. The molecule has 0 bridgehead atoms. The molecule has 0 unspecified atom stereocenters. The highest BCUT2D eigenvalue weighted by atomic mass is 16.2. The fraction of sp³-hybridized carbons (Fsp3) is 0.800. The van der Waals surface area contributed by atoms with Gasteiger partial charge in [0.1, 0.15) is 0 Å². The van der Waals surface area contributed by atoms with Crippen LogP contribution in [0.2, 0.25) is 0 Å². The van der Waals surface area contributed by atoms with Crippen LogP contribution >= 0.6 is 0 Å². The van der Waals surface area contributed by atoms with E-state index >= 15 is 0 Å². The molecule has 0 radical (unpaired) electrons.